The van der Waals surface area contributed by atoms with Crippen LogP contribution >= 0.6 is 0 Å². The highest BCUT2D eigenvalue weighted by molar-refractivity contribution is 5.74. The predicted molar refractivity (Wildman–Crippen MR) is 51.3 cm³/mol. The van der Waals surface area contributed by atoms with Gasteiger partial charge in [0.05, 0.1) is 26.1 Å². The van der Waals surface area contributed by atoms with E-state index in [1.54, 1.807) is 20.3 Å². The Labute approximate surface area is 84.6 Å². The van der Waals surface area contributed by atoms with E-state index >= 15 is 0 Å². The zero-order valence-electron chi connectivity index (χ0n) is 9.07. The maximum Gasteiger partial charge on any atom is 0.308 e. The van der Waals surface area contributed by atoms with E-state index in [9.17, 15) is 9.59 Å². The molecule has 14 heavy (non-hydrogen) atoms. The molecule has 4 heteroatoms. The molecule has 0 rings (SSSR count). The van der Waals surface area contributed by atoms with Gasteiger partial charge >= 0.3 is 11.9 Å². The molecule has 4 nitrogen and oxygen atoms in total. The van der Waals surface area contributed by atoms with Crippen LogP contribution in [-0.4, -0.2) is 26.2 Å². The smallest absolute Gasteiger partial charge is 0.308 e. The summed E-state index contributed by atoms with van der Waals surface area (Å²) in [5.74, 6) is -1.06. The molecule has 0 saturated carbocycles. The first kappa shape index (κ1) is 12.9. The summed E-state index contributed by atoms with van der Waals surface area (Å²) in [7, 11) is 2.69. The standard InChI is InChI=1S/C10H17O4/c1-7(9(11)13-3)5-6-8(2)10(12)14-4/h5,7-8H,6H2,1-4H3. The van der Waals surface area contributed by atoms with Crippen LogP contribution in [0.3, 0.4) is 0 Å². The van der Waals surface area contributed by atoms with Crippen LogP contribution in [0.25, 0.3) is 0 Å². The number of carbonyl (C=O) groups is 2. The number of rotatable bonds is 5. The van der Waals surface area contributed by atoms with Crippen LogP contribution in [0.5, 0.6) is 0 Å². The van der Waals surface area contributed by atoms with Crippen molar-refractivity contribution in [1.29, 1.82) is 0 Å². The molecule has 0 aliphatic heterocycles. The Hall–Kier alpha value is -1.06. The Kier molecular flexibility index (Phi) is 5.92. The van der Waals surface area contributed by atoms with Gasteiger partial charge in [0.25, 0.3) is 0 Å². The molecule has 0 bridgehead atoms. The zero-order valence-corrected chi connectivity index (χ0v) is 9.07. The summed E-state index contributed by atoms with van der Waals surface area (Å²) in [6.45, 7) is 3.49. The molecule has 0 aromatic rings. The first-order valence-corrected chi connectivity index (χ1v) is 4.51. The lowest BCUT2D eigenvalue weighted by atomic mass is 9.98. The number of ether oxygens (including phenoxy) is 2. The Balaban J connectivity index is 3.82. The fourth-order valence-electron chi connectivity index (χ4n) is 0.988. The molecule has 0 heterocycles. The minimum absolute atomic E-state index is 0.216. The van der Waals surface area contributed by atoms with E-state index in [0.717, 1.165) is 0 Å². The quantitative estimate of drug-likeness (QED) is 0.627. The lowest BCUT2D eigenvalue weighted by Gasteiger charge is -2.11. The van der Waals surface area contributed by atoms with Crippen molar-refractivity contribution >= 4 is 11.9 Å². The minimum Gasteiger partial charge on any atom is -0.469 e. The monoisotopic (exact) mass is 201 g/mol. The van der Waals surface area contributed by atoms with Gasteiger partial charge in [-0.05, 0) is 12.8 Å². The van der Waals surface area contributed by atoms with Crippen molar-refractivity contribution in [3.63, 3.8) is 0 Å². The van der Waals surface area contributed by atoms with Crippen LogP contribution < -0.4 is 0 Å². The number of esters is 2. The summed E-state index contributed by atoms with van der Waals surface area (Å²) in [4.78, 5) is 22.0. The highest BCUT2D eigenvalue weighted by Gasteiger charge is 2.18. The summed E-state index contributed by atoms with van der Waals surface area (Å²) >= 11 is 0. The highest BCUT2D eigenvalue weighted by atomic mass is 16.5. The van der Waals surface area contributed by atoms with Crippen LogP contribution in [0.15, 0.2) is 0 Å². The van der Waals surface area contributed by atoms with Crippen molar-refractivity contribution in [2.24, 2.45) is 11.8 Å². The minimum atomic E-state index is -0.290. The van der Waals surface area contributed by atoms with Gasteiger partial charge in [-0.2, -0.15) is 0 Å². The largest absolute Gasteiger partial charge is 0.469 e. The molecular formula is C10H17O4. The third kappa shape index (κ3) is 4.25. The van der Waals surface area contributed by atoms with Gasteiger partial charge in [0.2, 0.25) is 0 Å². The Bertz CT molecular complexity index is 178. The van der Waals surface area contributed by atoms with E-state index in [-0.39, 0.29) is 23.8 Å². The molecule has 2 atom stereocenters. The molecule has 0 N–H and O–H groups in total. The average molecular weight is 201 g/mol. The van der Waals surface area contributed by atoms with Crippen molar-refractivity contribution < 1.29 is 19.1 Å². The SMILES string of the molecule is COC(=O)C(C)[CH]CC(C)C(=O)OC. The van der Waals surface area contributed by atoms with Crippen molar-refractivity contribution in [3.05, 3.63) is 6.42 Å². The predicted octanol–water partition coefficient (Wildman–Crippen LogP) is 1.20. The molecule has 0 saturated heterocycles. The number of hydrogen-bond donors (Lipinski definition) is 0. The average Bonchev–Trinajstić information content (AvgIpc) is 2.22. The Morgan fingerprint density at radius 1 is 1.14 bits per heavy atom. The zero-order chi connectivity index (χ0) is 11.1. The molecule has 0 fully saturated rings. The van der Waals surface area contributed by atoms with Gasteiger partial charge in [-0.1, -0.05) is 13.8 Å². The first-order valence-electron chi connectivity index (χ1n) is 4.51. The molecule has 0 aliphatic carbocycles. The van der Waals surface area contributed by atoms with Crippen molar-refractivity contribution in [2.45, 2.75) is 20.3 Å². The van der Waals surface area contributed by atoms with Gasteiger partial charge < -0.3 is 9.47 Å². The number of carbonyl (C=O) groups excluding carboxylic acids is 2. The highest BCUT2D eigenvalue weighted by Crippen LogP contribution is 2.13. The first-order chi connectivity index (χ1) is 6.52. The van der Waals surface area contributed by atoms with Gasteiger partial charge in [0.1, 0.15) is 0 Å². The maximum atomic E-state index is 11.0. The second-order valence-corrected chi connectivity index (χ2v) is 3.21. The lowest BCUT2D eigenvalue weighted by molar-refractivity contribution is -0.146. The molecule has 81 valence electrons. The summed E-state index contributed by atoms with van der Waals surface area (Å²) in [6.07, 6.45) is 2.27. The third-order valence-electron chi connectivity index (χ3n) is 2.02. The van der Waals surface area contributed by atoms with E-state index in [0.29, 0.717) is 6.42 Å². The summed E-state index contributed by atoms with van der Waals surface area (Å²) < 4.78 is 9.10. The number of methoxy groups -OCH3 is 2. The fraction of sp³-hybridized carbons (Fsp3) is 0.700. The van der Waals surface area contributed by atoms with Crippen molar-refractivity contribution in [1.82, 2.24) is 0 Å². The lowest BCUT2D eigenvalue weighted by Crippen LogP contribution is -2.18. The van der Waals surface area contributed by atoms with Gasteiger partial charge in [-0.15, -0.1) is 0 Å². The molecular weight excluding hydrogens is 184 g/mol. The van der Waals surface area contributed by atoms with Crippen molar-refractivity contribution in [2.75, 3.05) is 14.2 Å². The van der Waals surface area contributed by atoms with E-state index < -0.39 is 0 Å². The van der Waals surface area contributed by atoms with E-state index in [1.807, 2.05) is 0 Å². The van der Waals surface area contributed by atoms with Gasteiger partial charge in [-0.25, -0.2) is 0 Å². The molecule has 0 aromatic heterocycles. The molecule has 2 unspecified atom stereocenters. The van der Waals surface area contributed by atoms with Gasteiger partial charge in [0.15, 0.2) is 0 Å². The summed E-state index contributed by atoms with van der Waals surface area (Å²) in [5, 5.41) is 0. The molecule has 0 amide bonds. The van der Waals surface area contributed by atoms with E-state index in [4.69, 9.17) is 0 Å². The van der Waals surface area contributed by atoms with Gasteiger partial charge in [-0.3, -0.25) is 9.59 Å². The second-order valence-electron chi connectivity index (χ2n) is 3.21. The Morgan fingerprint density at radius 2 is 1.64 bits per heavy atom. The van der Waals surface area contributed by atoms with Crippen molar-refractivity contribution in [3.8, 4) is 0 Å². The fourth-order valence-corrected chi connectivity index (χ4v) is 0.988. The molecule has 0 spiro atoms. The summed E-state index contributed by atoms with van der Waals surface area (Å²) in [6, 6.07) is 0. The number of hydrogen-bond acceptors (Lipinski definition) is 4. The van der Waals surface area contributed by atoms with E-state index in [2.05, 4.69) is 9.47 Å². The molecule has 0 aromatic carbocycles. The Morgan fingerprint density at radius 3 is 2.07 bits per heavy atom. The third-order valence-corrected chi connectivity index (χ3v) is 2.02. The normalized spacial score (nSPS) is 14.3. The van der Waals surface area contributed by atoms with Crippen LogP contribution in [0.4, 0.5) is 0 Å². The van der Waals surface area contributed by atoms with Gasteiger partial charge in [0, 0.05) is 0 Å². The van der Waals surface area contributed by atoms with E-state index in [1.165, 1.54) is 14.2 Å². The van der Waals surface area contributed by atoms with Crippen LogP contribution in [0, 0.1) is 18.3 Å². The summed E-state index contributed by atoms with van der Waals surface area (Å²) in [5.41, 5.74) is 0. The molecule has 1 radical (unpaired) electrons. The topological polar surface area (TPSA) is 52.6 Å². The van der Waals surface area contributed by atoms with Crippen LogP contribution in [0.2, 0.25) is 0 Å². The second kappa shape index (κ2) is 6.40. The maximum absolute atomic E-state index is 11.0. The molecule has 0 aliphatic rings. The van der Waals surface area contributed by atoms with Crippen LogP contribution in [0.1, 0.15) is 20.3 Å². The van der Waals surface area contributed by atoms with Crippen LogP contribution in [-0.2, 0) is 19.1 Å².